The Morgan fingerprint density at radius 1 is 1.26 bits per heavy atom. The molecule has 1 aromatic carbocycles. The Hall–Kier alpha value is -0.860. The lowest BCUT2D eigenvalue weighted by atomic mass is 10.0. The van der Waals surface area contributed by atoms with E-state index in [2.05, 4.69) is 6.92 Å². The first-order chi connectivity index (χ1) is 9.07. The topological polar surface area (TPSA) is 35.5 Å². The van der Waals surface area contributed by atoms with Gasteiger partial charge in [0, 0.05) is 0 Å². The van der Waals surface area contributed by atoms with E-state index in [0.717, 1.165) is 25.7 Å². The summed E-state index contributed by atoms with van der Waals surface area (Å²) in [5, 5.41) is 0. The fraction of sp³-hybridized carbons (Fsp3) is 0.571. The molecule has 108 valence electrons. The molecule has 0 aliphatic carbocycles. The van der Waals surface area contributed by atoms with Gasteiger partial charge in [-0.05, 0) is 24.5 Å². The van der Waals surface area contributed by atoms with Crippen LogP contribution in [0.5, 0.6) is 5.75 Å². The normalized spacial score (nSPS) is 15.7. The molecule has 1 rings (SSSR count). The molecule has 3 nitrogen and oxygen atoms in total. The zero-order chi connectivity index (χ0) is 14.1. The number of hydrogen-bond donors (Lipinski definition) is 0. The smallest absolute Gasteiger partial charge is 0.401 e. The molecule has 0 heterocycles. The van der Waals surface area contributed by atoms with E-state index < -0.39 is 7.91 Å². The van der Waals surface area contributed by atoms with Gasteiger partial charge in [0.25, 0.3) is 0 Å². The molecular formula is C14H22FO3P. The summed E-state index contributed by atoms with van der Waals surface area (Å²) in [4.78, 5) is 0. The Kier molecular flexibility index (Phi) is 7.11. The molecule has 0 aromatic heterocycles. The van der Waals surface area contributed by atoms with Crippen LogP contribution in [0.4, 0.5) is 4.20 Å². The predicted octanol–water partition coefficient (Wildman–Crippen LogP) is 5.38. The molecule has 0 aliphatic rings. The van der Waals surface area contributed by atoms with Crippen LogP contribution in [-0.4, -0.2) is 6.61 Å². The first kappa shape index (κ1) is 16.2. The van der Waals surface area contributed by atoms with Crippen molar-refractivity contribution in [2.24, 2.45) is 5.92 Å². The van der Waals surface area contributed by atoms with Crippen molar-refractivity contribution in [1.82, 2.24) is 0 Å². The lowest BCUT2D eigenvalue weighted by molar-refractivity contribution is 0.186. The van der Waals surface area contributed by atoms with Crippen LogP contribution in [0.25, 0.3) is 0 Å². The highest BCUT2D eigenvalue weighted by Crippen LogP contribution is 2.50. The molecule has 19 heavy (non-hydrogen) atoms. The fourth-order valence-corrected chi connectivity index (χ4v) is 2.54. The van der Waals surface area contributed by atoms with E-state index in [1.165, 1.54) is 0 Å². The van der Waals surface area contributed by atoms with Gasteiger partial charge in [-0.15, -0.1) is 4.20 Å². The molecule has 2 atom stereocenters. The summed E-state index contributed by atoms with van der Waals surface area (Å²) in [5.74, 6) is 0.443. The van der Waals surface area contributed by atoms with Gasteiger partial charge in [0.1, 0.15) is 5.75 Å². The molecule has 0 radical (unpaired) electrons. The molecule has 0 saturated carbocycles. The molecule has 5 heteroatoms. The average Bonchev–Trinajstić information content (AvgIpc) is 2.39. The zero-order valence-corrected chi connectivity index (χ0v) is 12.4. The van der Waals surface area contributed by atoms with E-state index in [-0.39, 0.29) is 18.3 Å². The Labute approximate surface area is 114 Å². The average molecular weight is 288 g/mol. The lowest BCUT2D eigenvalue weighted by Gasteiger charge is -2.16. The van der Waals surface area contributed by atoms with E-state index in [9.17, 15) is 8.76 Å². The second-order valence-electron chi connectivity index (χ2n) is 4.55. The first-order valence-corrected chi connectivity index (χ1v) is 8.19. The van der Waals surface area contributed by atoms with Gasteiger partial charge < -0.3 is 4.52 Å². The monoisotopic (exact) mass is 288 g/mol. The number of para-hydroxylation sites is 1. The molecule has 2 unspecified atom stereocenters. The van der Waals surface area contributed by atoms with E-state index in [0.29, 0.717) is 0 Å². The minimum Gasteiger partial charge on any atom is -0.401 e. The Morgan fingerprint density at radius 2 is 1.95 bits per heavy atom. The minimum atomic E-state index is -4.51. The van der Waals surface area contributed by atoms with E-state index in [1.807, 2.05) is 6.92 Å². The van der Waals surface area contributed by atoms with Crippen molar-refractivity contribution in [3.63, 3.8) is 0 Å². The third-order valence-corrected chi connectivity index (χ3v) is 3.85. The largest absolute Gasteiger partial charge is 0.569 e. The number of unbranched alkanes of at least 4 members (excludes halogenated alkanes) is 1. The van der Waals surface area contributed by atoms with Crippen LogP contribution < -0.4 is 4.52 Å². The van der Waals surface area contributed by atoms with Crippen LogP contribution in [0.2, 0.25) is 0 Å². The lowest BCUT2D eigenvalue weighted by Crippen LogP contribution is -2.08. The van der Waals surface area contributed by atoms with Crippen LogP contribution in [-0.2, 0) is 9.09 Å². The third-order valence-electron chi connectivity index (χ3n) is 2.97. The zero-order valence-electron chi connectivity index (χ0n) is 11.5. The number of halogens is 1. The second-order valence-corrected chi connectivity index (χ2v) is 5.85. The third kappa shape index (κ3) is 6.74. The molecule has 0 spiro atoms. The van der Waals surface area contributed by atoms with Gasteiger partial charge in [-0.25, -0.2) is 4.57 Å². The van der Waals surface area contributed by atoms with Gasteiger partial charge in [-0.3, -0.25) is 4.52 Å². The van der Waals surface area contributed by atoms with Gasteiger partial charge in [-0.2, -0.15) is 0 Å². The summed E-state index contributed by atoms with van der Waals surface area (Å²) >= 11 is 0. The Bertz CT molecular complexity index is 397. The predicted molar refractivity (Wildman–Crippen MR) is 75.0 cm³/mol. The molecule has 0 aliphatic heterocycles. The standard InChI is InChI=1S/C14H22FO3P/c1-3-5-9-13(4-2)12-17-19(15,16)18-14-10-7-6-8-11-14/h6-8,10-11,13H,3-5,9,12H2,1-2H3. The minimum absolute atomic E-state index is 0.136. The maximum absolute atomic E-state index is 13.7. The van der Waals surface area contributed by atoms with Crippen molar-refractivity contribution < 1.29 is 17.8 Å². The van der Waals surface area contributed by atoms with Crippen molar-refractivity contribution in [2.75, 3.05) is 6.61 Å². The Morgan fingerprint density at radius 3 is 2.53 bits per heavy atom. The fourth-order valence-electron chi connectivity index (χ4n) is 1.73. The quantitative estimate of drug-likeness (QED) is 0.572. The van der Waals surface area contributed by atoms with Crippen LogP contribution >= 0.6 is 7.91 Å². The molecule has 0 fully saturated rings. The van der Waals surface area contributed by atoms with Gasteiger partial charge in [0.15, 0.2) is 0 Å². The van der Waals surface area contributed by atoms with Crippen molar-refractivity contribution >= 4 is 7.91 Å². The van der Waals surface area contributed by atoms with E-state index in [4.69, 9.17) is 9.05 Å². The summed E-state index contributed by atoms with van der Waals surface area (Å²) in [7, 11) is -4.51. The van der Waals surface area contributed by atoms with Crippen LogP contribution in [0.3, 0.4) is 0 Å². The highest BCUT2D eigenvalue weighted by atomic mass is 31.2. The summed E-state index contributed by atoms with van der Waals surface area (Å²) in [6, 6.07) is 8.24. The summed E-state index contributed by atoms with van der Waals surface area (Å²) in [6.45, 7) is 4.26. The number of rotatable bonds is 9. The van der Waals surface area contributed by atoms with Gasteiger partial charge in [-0.1, -0.05) is 51.3 Å². The van der Waals surface area contributed by atoms with Crippen LogP contribution in [0, 0.1) is 5.92 Å². The maximum Gasteiger partial charge on any atom is 0.569 e. The second kappa shape index (κ2) is 8.34. The Balaban J connectivity index is 2.43. The van der Waals surface area contributed by atoms with Crippen molar-refractivity contribution in [3.05, 3.63) is 30.3 Å². The maximum atomic E-state index is 13.7. The number of benzene rings is 1. The SMILES string of the molecule is CCCCC(CC)COP(=O)(F)Oc1ccccc1. The van der Waals surface area contributed by atoms with Gasteiger partial charge in [0.05, 0.1) is 6.61 Å². The summed E-state index contributed by atoms with van der Waals surface area (Å²) < 4.78 is 34.9. The molecule has 0 N–H and O–H groups in total. The van der Waals surface area contributed by atoms with Crippen LogP contribution in [0.1, 0.15) is 39.5 Å². The van der Waals surface area contributed by atoms with Gasteiger partial charge in [0.2, 0.25) is 0 Å². The van der Waals surface area contributed by atoms with Crippen molar-refractivity contribution in [2.45, 2.75) is 39.5 Å². The highest BCUT2D eigenvalue weighted by molar-refractivity contribution is 7.48. The molecule has 0 bridgehead atoms. The van der Waals surface area contributed by atoms with E-state index in [1.54, 1.807) is 30.3 Å². The van der Waals surface area contributed by atoms with E-state index >= 15 is 0 Å². The van der Waals surface area contributed by atoms with Crippen molar-refractivity contribution in [1.29, 1.82) is 0 Å². The highest BCUT2D eigenvalue weighted by Gasteiger charge is 2.27. The molecule has 1 aromatic rings. The molecule has 0 saturated heterocycles. The molecule has 0 amide bonds. The van der Waals surface area contributed by atoms with Crippen molar-refractivity contribution in [3.8, 4) is 5.75 Å². The summed E-state index contributed by atoms with van der Waals surface area (Å²) in [5.41, 5.74) is 0. The molecular weight excluding hydrogens is 266 g/mol. The van der Waals surface area contributed by atoms with Gasteiger partial charge >= 0.3 is 7.91 Å². The first-order valence-electron chi connectivity index (χ1n) is 6.76. The van der Waals surface area contributed by atoms with Crippen LogP contribution in [0.15, 0.2) is 30.3 Å². The summed E-state index contributed by atoms with van der Waals surface area (Å²) in [6.07, 6.45) is 3.99. The number of hydrogen-bond acceptors (Lipinski definition) is 3.